The summed E-state index contributed by atoms with van der Waals surface area (Å²) >= 11 is 27.3. The van der Waals surface area contributed by atoms with Gasteiger partial charge >= 0.3 is 0 Å². The Labute approximate surface area is 306 Å². The van der Waals surface area contributed by atoms with Crippen LogP contribution in [-0.4, -0.2) is 48.8 Å². The van der Waals surface area contributed by atoms with E-state index < -0.39 is 42.6 Å². The second-order valence-corrected chi connectivity index (χ2v) is 16.5. The number of hydrazone groups is 2. The summed E-state index contributed by atoms with van der Waals surface area (Å²) in [6.45, 7) is 0. The number of hydrogen-bond acceptors (Lipinski definition) is 10. The lowest BCUT2D eigenvalue weighted by Gasteiger charge is -2.38. The smallest absolute Gasteiger partial charge is 0.279 e. The Balaban J connectivity index is 1.58. The zero-order valence-electron chi connectivity index (χ0n) is 25.2. The van der Waals surface area contributed by atoms with Crippen LogP contribution in [0.4, 0.5) is 0 Å². The van der Waals surface area contributed by atoms with Crippen molar-refractivity contribution >= 4 is 89.5 Å². The fraction of sp³-hybridized carbons (Fsp3) is 0.125. The van der Waals surface area contributed by atoms with Gasteiger partial charge in [-0.05, 0) is 46.5 Å². The Morgan fingerprint density at radius 3 is 1.18 bits per heavy atom. The Hall–Kier alpha value is -3.86. The van der Waals surface area contributed by atoms with Crippen molar-refractivity contribution in [3.63, 3.8) is 0 Å². The first kappa shape index (κ1) is 35.9. The first-order chi connectivity index (χ1) is 23.4. The first-order valence-corrected chi connectivity index (χ1v) is 18.7. The minimum absolute atomic E-state index is 0.0311. The largest absolute Gasteiger partial charge is 0.323 e. The zero-order valence-corrected chi connectivity index (χ0v) is 29.9. The van der Waals surface area contributed by atoms with Crippen LogP contribution >= 0.6 is 46.4 Å². The summed E-state index contributed by atoms with van der Waals surface area (Å²) in [5.41, 5.74) is -0.0849. The lowest BCUT2D eigenvalue weighted by atomic mass is 9.75. The number of nitrogens with zero attached hydrogens (tertiary/aromatic N) is 2. The lowest BCUT2D eigenvalue weighted by Crippen LogP contribution is -2.46. The van der Waals surface area contributed by atoms with E-state index in [0.29, 0.717) is 0 Å². The van der Waals surface area contributed by atoms with Crippen molar-refractivity contribution in [2.45, 2.75) is 22.3 Å². The summed E-state index contributed by atoms with van der Waals surface area (Å²) in [6.07, 6.45) is -1.12. The molecule has 258 valence electrons. The number of halogens is 4. The van der Waals surface area contributed by atoms with Crippen molar-refractivity contribution < 1.29 is 25.9 Å². The minimum Gasteiger partial charge on any atom is -0.323 e. The molecule has 50 heavy (non-hydrogen) atoms. The molecule has 0 fully saturated rings. The van der Waals surface area contributed by atoms with Crippen LogP contribution < -0.4 is 11.7 Å². The predicted octanol–water partition coefficient (Wildman–Crippen LogP) is 6.40. The van der Waals surface area contributed by atoms with Gasteiger partial charge in [0.2, 0.25) is 0 Å². The SMILES string of the molecule is N=C1C(=NN)CC(c2c(Cl)cc(-c3cc(Cl)c(C4(S(=O)(=O)O)CC(=NN)C(=N)c5ccccc54)c(Cl)c3)cc2Cl)(S(=O)(=O)O)c2ccccc21. The summed E-state index contributed by atoms with van der Waals surface area (Å²) < 4.78 is 70.5. The molecule has 2 aliphatic rings. The van der Waals surface area contributed by atoms with E-state index in [-0.39, 0.29) is 87.4 Å². The Bertz CT molecular complexity index is 2260. The number of hydrogen-bond donors (Lipinski definition) is 6. The van der Waals surface area contributed by atoms with Gasteiger partial charge in [-0.3, -0.25) is 19.9 Å². The third-order valence-electron chi connectivity index (χ3n) is 9.09. The van der Waals surface area contributed by atoms with Gasteiger partial charge in [-0.15, -0.1) is 0 Å². The van der Waals surface area contributed by atoms with Crippen molar-refractivity contribution in [2.75, 3.05) is 0 Å². The molecule has 0 aliphatic heterocycles. The van der Waals surface area contributed by atoms with E-state index in [1.54, 1.807) is 12.1 Å². The van der Waals surface area contributed by atoms with Gasteiger partial charge in [-0.2, -0.15) is 27.0 Å². The molecule has 2 aliphatic carbocycles. The summed E-state index contributed by atoms with van der Waals surface area (Å²) in [5, 5.41) is 23.5. The van der Waals surface area contributed by atoms with E-state index >= 15 is 0 Å². The number of fused-ring (bicyclic) bond motifs is 2. The van der Waals surface area contributed by atoms with Gasteiger partial charge in [0, 0.05) is 55.2 Å². The molecule has 4 aromatic rings. The van der Waals surface area contributed by atoms with Gasteiger partial charge in [0.1, 0.15) is 0 Å². The third-order valence-corrected chi connectivity index (χ3v) is 13.2. The van der Waals surface area contributed by atoms with E-state index in [4.69, 9.17) is 68.9 Å². The van der Waals surface area contributed by atoms with Crippen molar-refractivity contribution in [3.05, 3.63) is 126 Å². The van der Waals surface area contributed by atoms with Crippen molar-refractivity contribution in [2.24, 2.45) is 21.9 Å². The van der Waals surface area contributed by atoms with Crippen LogP contribution in [0.15, 0.2) is 83.0 Å². The summed E-state index contributed by atoms with van der Waals surface area (Å²) in [7, 11) is -10.2. The fourth-order valence-corrected chi connectivity index (χ4v) is 11.2. The van der Waals surface area contributed by atoms with Gasteiger partial charge in [0.15, 0.2) is 9.49 Å². The summed E-state index contributed by atoms with van der Waals surface area (Å²) in [5.74, 6) is 11.1. The molecular weight excluding hydrogens is 770 g/mol. The molecule has 0 amide bonds. The van der Waals surface area contributed by atoms with Gasteiger partial charge < -0.3 is 11.7 Å². The number of nitrogens with two attached hydrogens (primary N) is 2. The molecule has 6 rings (SSSR count). The molecule has 0 spiro atoms. The zero-order chi connectivity index (χ0) is 36.6. The standard InChI is InChI=1S/C32H24Cl4N6O6S2/c33-21-9-15(10-22(34)27(21)31(49(43,44)45)13-25(41-39)29(37)17-5-1-3-7-19(17)31)16-11-23(35)28(24(36)12-16)32(50(46,47)48)14-26(42-40)30(38)18-6-2-4-8-20(18)32/h1-12,37-38H,13-14,39-40H2,(H,43,44,45)(H,46,47,48). The van der Waals surface area contributed by atoms with Gasteiger partial charge in [-0.25, -0.2) is 0 Å². The predicted molar refractivity (Wildman–Crippen MR) is 196 cm³/mol. The molecule has 2 unspecified atom stereocenters. The molecule has 0 bridgehead atoms. The molecule has 0 radical (unpaired) electrons. The van der Waals surface area contributed by atoms with Crippen molar-refractivity contribution in [1.82, 2.24) is 0 Å². The maximum absolute atomic E-state index is 13.4. The summed E-state index contributed by atoms with van der Waals surface area (Å²) in [4.78, 5) is 0. The van der Waals surface area contributed by atoms with Crippen LogP contribution in [0.2, 0.25) is 20.1 Å². The second kappa shape index (κ2) is 12.4. The van der Waals surface area contributed by atoms with E-state index in [9.17, 15) is 25.9 Å². The number of nitrogens with one attached hydrogen (secondary N) is 2. The fourth-order valence-electron chi connectivity index (χ4n) is 6.89. The number of rotatable bonds is 5. The molecule has 0 heterocycles. The van der Waals surface area contributed by atoms with Crippen molar-refractivity contribution in [1.29, 1.82) is 10.8 Å². The monoisotopic (exact) mass is 792 g/mol. The van der Waals surface area contributed by atoms with Crippen LogP contribution in [0.25, 0.3) is 11.1 Å². The van der Waals surface area contributed by atoms with Crippen LogP contribution in [-0.2, 0) is 29.7 Å². The highest BCUT2D eigenvalue weighted by atomic mass is 35.5. The maximum atomic E-state index is 13.4. The lowest BCUT2D eigenvalue weighted by molar-refractivity contribution is 0.445. The molecule has 0 aromatic heterocycles. The van der Waals surface area contributed by atoms with Gasteiger partial charge in [0.05, 0.1) is 22.8 Å². The molecular formula is C32H24Cl4N6O6S2. The average Bonchev–Trinajstić information content (AvgIpc) is 3.05. The van der Waals surface area contributed by atoms with Crippen molar-refractivity contribution in [3.8, 4) is 11.1 Å². The highest BCUT2D eigenvalue weighted by Gasteiger charge is 2.56. The quantitative estimate of drug-likeness (QED) is 0.0750. The molecule has 12 nitrogen and oxygen atoms in total. The highest BCUT2D eigenvalue weighted by Crippen LogP contribution is 2.53. The Morgan fingerprint density at radius 1 is 0.600 bits per heavy atom. The topological polar surface area (TPSA) is 233 Å². The molecule has 8 N–H and O–H groups in total. The third kappa shape index (κ3) is 5.16. The highest BCUT2D eigenvalue weighted by molar-refractivity contribution is 7.87. The number of benzene rings is 4. The molecule has 0 saturated carbocycles. The van der Waals surface area contributed by atoms with E-state index in [0.717, 1.165) is 0 Å². The normalized spacial score (nSPS) is 22.4. The van der Waals surface area contributed by atoms with Crippen LogP contribution in [0, 0.1) is 10.8 Å². The van der Waals surface area contributed by atoms with Gasteiger partial charge in [-0.1, -0.05) is 94.9 Å². The van der Waals surface area contributed by atoms with E-state index in [1.807, 2.05) is 0 Å². The van der Waals surface area contributed by atoms with Crippen LogP contribution in [0.3, 0.4) is 0 Å². The molecule has 4 aromatic carbocycles. The van der Waals surface area contributed by atoms with Crippen LogP contribution in [0.1, 0.15) is 46.2 Å². The van der Waals surface area contributed by atoms with E-state index in [1.165, 1.54) is 60.7 Å². The Morgan fingerprint density at radius 2 is 0.900 bits per heavy atom. The van der Waals surface area contributed by atoms with E-state index in [2.05, 4.69) is 10.2 Å². The second-order valence-electron chi connectivity index (χ2n) is 11.6. The van der Waals surface area contributed by atoms with Crippen LogP contribution in [0.5, 0.6) is 0 Å². The Kier molecular flexibility index (Phi) is 8.93. The average molecular weight is 795 g/mol. The molecule has 0 saturated heterocycles. The van der Waals surface area contributed by atoms with Gasteiger partial charge in [0.25, 0.3) is 20.2 Å². The summed E-state index contributed by atoms with van der Waals surface area (Å²) in [6, 6.07) is 17.5. The first-order valence-electron chi connectivity index (χ1n) is 14.3. The molecule has 18 heteroatoms. The minimum atomic E-state index is -5.09. The maximum Gasteiger partial charge on any atom is 0.279 e. The molecule has 2 atom stereocenters.